The summed E-state index contributed by atoms with van der Waals surface area (Å²) in [6.07, 6.45) is 1.87. The second-order valence-corrected chi connectivity index (χ2v) is 8.38. The van der Waals surface area contributed by atoms with Crippen LogP contribution in [0.4, 0.5) is 22.0 Å². The van der Waals surface area contributed by atoms with Crippen molar-refractivity contribution < 1.29 is 9.18 Å². The predicted molar refractivity (Wildman–Crippen MR) is 124 cm³/mol. The fourth-order valence-corrected chi connectivity index (χ4v) is 4.01. The molecule has 3 aromatic heterocycles. The van der Waals surface area contributed by atoms with E-state index < -0.39 is 5.82 Å². The lowest BCUT2D eigenvalue weighted by Crippen LogP contribution is -2.49. The molecule has 11 heteroatoms. The van der Waals surface area contributed by atoms with Gasteiger partial charge in [-0.05, 0) is 36.8 Å². The highest BCUT2D eigenvalue weighted by Gasteiger charge is 2.24. The predicted octanol–water partition coefficient (Wildman–Crippen LogP) is 3.19. The van der Waals surface area contributed by atoms with Crippen LogP contribution in [-0.2, 0) is 11.2 Å². The van der Waals surface area contributed by atoms with Crippen LogP contribution in [0.15, 0.2) is 42.6 Å². The van der Waals surface area contributed by atoms with Crippen molar-refractivity contribution in [2.45, 2.75) is 13.3 Å². The number of halogens is 2. The van der Waals surface area contributed by atoms with E-state index in [0.717, 1.165) is 11.2 Å². The number of aryl methyl sites for hydroxylation is 1. The smallest absolute Gasteiger partial charge is 0.245 e. The number of hydrogen-bond acceptors (Lipinski definition) is 6. The molecule has 1 aliphatic rings. The highest BCUT2D eigenvalue weighted by Crippen LogP contribution is 2.23. The van der Waals surface area contributed by atoms with Gasteiger partial charge in [0, 0.05) is 49.2 Å². The van der Waals surface area contributed by atoms with E-state index in [1.165, 1.54) is 6.07 Å². The van der Waals surface area contributed by atoms with Crippen LogP contribution in [0, 0.1) is 12.7 Å². The molecular weight excluding hydrogens is 447 g/mol. The molecule has 170 valence electrons. The number of carbonyl (C=O) groups is 1. The van der Waals surface area contributed by atoms with Crippen molar-refractivity contribution in [1.82, 2.24) is 29.7 Å². The number of H-pyrrole nitrogens is 1. The minimum atomic E-state index is -0.463. The Labute approximate surface area is 194 Å². The molecule has 9 nitrogen and oxygen atoms in total. The Morgan fingerprint density at radius 3 is 2.76 bits per heavy atom. The quantitative estimate of drug-likeness (QED) is 0.467. The number of aromatic amines is 1. The van der Waals surface area contributed by atoms with E-state index in [4.69, 9.17) is 16.6 Å². The third-order valence-electron chi connectivity index (χ3n) is 5.60. The SMILES string of the molecule is Cc1cc(Nc2nc(N3CCN(C(=O)Cc4ccc(Cl)cc4F)CC3)nn3cccc23)n[nH]1. The van der Waals surface area contributed by atoms with Crippen molar-refractivity contribution in [1.29, 1.82) is 0 Å². The number of amides is 1. The van der Waals surface area contributed by atoms with Crippen molar-refractivity contribution in [2.24, 2.45) is 0 Å². The van der Waals surface area contributed by atoms with E-state index >= 15 is 0 Å². The van der Waals surface area contributed by atoms with Gasteiger partial charge in [-0.15, -0.1) is 5.10 Å². The molecule has 0 spiro atoms. The summed E-state index contributed by atoms with van der Waals surface area (Å²) < 4.78 is 15.8. The molecule has 1 fully saturated rings. The molecule has 0 saturated carbocycles. The van der Waals surface area contributed by atoms with E-state index in [1.54, 1.807) is 21.5 Å². The van der Waals surface area contributed by atoms with Crippen LogP contribution in [0.5, 0.6) is 0 Å². The first kappa shape index (κ1) is 21.2. The van der Waals surface area contributed by atoms with Gasteiger partial charge in [0.1, 0.15) is 11.3 Å². The van der Waals surface area contributed by atoms with Gasteiger partial charge in [-0.1, -0.05) is 17.7 Å². The van der Waals surface area contributed by atoms with Crippen LogP contribution in [0.1, 0.15) is 11.3 Å². The monoisotopic (exact) mass is 468 g/mol. The molecule has 1 amide bonds. The zero-order valence-electron chi connectivity index (χ0n) is 17.9. The number of hydrogen-bond donors (Lipinski definition) is 2. The highest BCUT2D eigenvalue weighted by molar-refractivity contribution is 6.30. The summed E-state index contributed by atoms with van der Waals surface area (Å²) in [6.45, 7) is 4.08. The van der Waals surface area contributed by atoms with Crippen molar-refractivity contribution in [3.63, 3.8) is 0 Å². The molecule has 0 atom stereocenters. The van der Waals surface area contributed by atoms with Crippen LogP contribution < -0.4 is 10.2 Å². The van der Waals surface area contributed by atoms with Gasteiger partial charge in [0.15, 0.2) is 11.6 Å². The Morgan fingerprint density at radius 1 is 1.21 bits per heavy atom. The molecule has 4 heterocycles. The topological polar surface area (TPSA) is 94.5 Å². The highest BCUT2D eigenvalue weighted by atomic mass is 35.5. The molecule has 4 aromatic rings. The average molecular weight is 469 g/mol. The van der Waals surface area contributed by atoms with E-state index in [9.17, 15) is 9.18 Å². The fraction of sp³-hybridized carbons (Fsp3) is 0.273. The molecule has 1 saturated heterocycles. The molecule has 1 aliphatic heterocycles. The van der Waals surface area contributed by atoms with Crippen molar-refractivity contribution in [2.75, 3.05) is 36.4 Å². The van der Waals surface area contributed by atoms with Gasteiger partial charge in [-0.2, -0.15) is 10.1 Å². The summed E-state index contributed by atoms with van der Waals surface area (Å²) in [7, 11) is 0. The van der Waals surface area contributed by atoms with Crippen LogP contribution in [0.25, 0.3) is 5.52 Å². The summed E-state index contributed by atoms with van der Waals surface area (Å²) >= 11 is 5.80. The number of piperazine rings is 1. The van der Waals surface area contributed by atoms with Crippen molar-refractivity contribution >= 4 is 40.6 Å². The number of anilines is 3. The first-order valence-corrected chi connectivity index (χ1v) is 10.9. The maximum atomic E-state index is 14.1. The number of fused-ring (bicyclic) bond motifs is 1. The standard InChI is InChI=1S/C22H22ClFN8O/c1-14-11-19(28-27-14)25-21-18-3-2-6-32(18)29-22(26-21)31-9-7-30(8-10-31)20(33)12-15-4-5-16(23)13-17(15)24/h2-6,11,13H,7-10,12H2,1H3,(H2,25,26,27,28,29). The maximum Gasteiger partial charge on any atom is 0.245 e. The van der Waals surface area contributed by atoms with Gasteiger partial charge >= 0.3 is 0 Å². The minimum absolute atomic E-state index is 0.00593. The third kappa shape index (κ3) is 4.47. The first-order chi connectivity index (χ1) is 16.0. The van der Waals surface area contributed by atoms with Crippen LogP contribution >= 0.6 is 11.6 Å². The number of carbonyl (C=O) groups excluding carboxylic acids is 1. The molecular formula is C22H22ClFN8O. The van der Waals surface area contributed by atoms with Crippen molar-refractivity contribution in [3.05, 3.63) is 64.7 Å². The van der Waals surface area contributed by atoms with Crippen LogP contribution in [-0.4, -0.2) is 61.8 Å². The Hall–Kier alpha value is -3.66. The van der Waals surface area contributed by atoms with Crippen LogP contribution in [0.3, 0.4) is 0 Å². The molecule has 2 N–H and O–H groups in total. The Balaban J connectivity index is 1.28. The summed E-state index contributed by atoms with van der Waals surface area (Å²) in [6, 6.07) is 10.1. The summed E-state index contributed by atoms with van der Waals surface area (Å²) in [5, 5.41) is 15.3. The Morgan fingerprint density at radius 2 is 2.03 bits per heavy atom. The largest absolute Gasteiger partial charge is 0.339 e. The lowest BCUT2D eigenvalue weighted by molar-refractivity contribution is -0.130. The van der Waals surface area contributed by atoms with Gasteiger partial charge in [0.2, 0.25) is 11.9 Å². The van der Waals surface area contributed by atoms with E-state index in [0.29, 0.717) is 54.3 Å². The van der Waals surface area contributed by atoms with Crippen molar-refractivity contribution in [3.8, 4) is 0 Å². The summed E-state index contributed by atoms with van der Waals surface area (Å²) in [4.78, 5) is 21.2. The number of rotatable bonds is 5. The van der Waals surface area contributed by atoms with Crippen LogP contribution in [0.2, 0.25) is 5.02 Å². The maximum absolute atomic E-state index is 14.1. The first-order valence-electron chi connectivity index (χ1n) is 10.6. The Kier molecular flexibility index (Phi) is 5.59. The zero-order valence-corrected chi connectivity index (χ0v) is 18.7. The number of nitrogens with zero attached hydrogens (tertiary/aromatic N) is 6. The molecule has 0 unspecified atom stereocenters. The van der Waals surface area contributed by atoms with E-state index in [2.05, 4.69) is 20.6 Å². The number of benzene rings is 1. The van der Waals surface area contributed by atoms with E-state index in [1.807, 2.05) is 36.2 Å². The second-order valence-electron chi connectivity index (χ2n) is 7.94. The Bertz CT molecular complexity index is 1310. The molecule has 5 rings (SSSR count). The zero-order chi connectivity index (χ0) is 22.9. The van der Waals surface area contributed by atoms with Gasteiger partial charge in [0.05, 0.1) is 6.42 Å². The van der Waals surface area contributed by atoms with Gasteiger partial charge < -0.3 is 15.1 Å². The molecule has 1 aromatic carbocycles. The van der Waals surface area contributed by atoms with Gasteiger partial charge in [-0.25, -0.2) is 8.91 Å². The second kappa shape index (κ2) is 8.70. The fourth-order valence-electron chi connectivity index (χ4n) is 3.85. The van der Waals surface area contributed by atoms with E-state index in [-0.39, 0.29) is 12.3 Å². The minimum Gasteiger partial charge on any atom is -0.339 e. The normalized spacial score (nSPS) is 14.2. The lowest BCUT2D eigenvalue weighted by Gasteiger charge is -2.35. The number of aromatic nitrogens is 5. The van der Waals surface area contributed by atoms with Gasteiger partial charge in [-0.3, -0.25) is 9.89 Å². The molecule has 33 heavy (non-hydrogen) atoms. The molecule has 0 radical (unpaired) electrons. The average Bonchev–Trinajstić information content (AvgIpc) is 3.44. The molecule has 0 aliphatic carbocycles. The lowest BCUT2D eigenvalue weighted by atomic mass is 10.1. The van der Waals surface area contributed by atoms with Gasteiger partial charge in [0.25, 0.3) is 0 Å². The summed E-state index contributed by atoms with van der Waals surface area (Å²) in [5.74, 6) is 1.30. The summed E-state index contributed by atoms with van der Waals surface area (Å²) in [5.41, 5.74) is 2.12. The number of nitrogens with one attached hydrogen (secondary N) is 2. The molecule has 0 bridgehead atoms. The third-order valence-corrected chi connectivity index (χ3v) is 5.84.